The summed E-state index contributed by atoms with van der Waals surface area (Å²) < 4.78 is 0. The lowest BCUT2D eigenvalue weighted by Crippen LogP contribution is -2.16. The fourth-order valence-electron chi connectivity index (χ4n) is 4.10. The molecule has 0 aromatic rings. The smallest absolute Gasteiger partial charge is 0.306 e. The molecular weight excluding hydrogens is 522 g/mol. The molecule has 33 heavy (non-hydrogen) atoms. The summed E-state index contributed by atoms with van der Waals surface area (Å²) in [5.41, 5.74) is 0. The molecule has 0 radical (unpaired) electrons. The van der Waals surface area contributed by atoms with Crippen molar-refractivity contribution in [2.45, 2.75) is 150 Å². The molecule has 0 bridgehead atoms. The summed E-state index contributed by atoms with van der Waals surface area (Å²) in [6.07, 6.45) is 16.7. The second kappa shape index (κ2) is 22.1. The number of alkyl halides is 5. The highest BCUT2D eigenvalue weighted by Crippen LogP contribution is 2.25. The lowest BCUT2D eigenvalue weighted by molar-refractivity contribution is -0.142. The predicted molar refractivity (Wildman–Crippen MR) is 149 cm³/mol. The molecule has 0 rings (SSSR count). The minimum atomic E-state index is -0.673. The Kier molecular flexibility index (Phi) is 22.8. The summed E-state index contributed by atoms with van der Waals surface area (Å²) >= 11 is 31.4. The number of hydrogen-bond acceptors (Lipinski definition) is 1. The number of carbonyl (C=O) groups is 1. The Hall–Kier alpha value is 0.920. The van der Waals surface area contributed by atoms with Crippen molar-refractivity contribution in [2.75, 3.05) is 0 Å². The van der Waals surface area contributed by atoms with Gasteiger partial charge in [0.15, 0.2) is 0 Å². The van der Waals surface area contributed by atoms with Gasteiger partial charge in [-0.1, -0.05) is 65.2 Å². The number of rotatable bonds is 23. The van der Waals surface area contributed by atoms with Crippen molar-refractivity contribution in [1.82, 2.24) is 0 Å². The first-order valence-corrected chi connectivity index (χ1v) is 15.3. The summed E-state index contributed by atoms with van der Waals surface area (Å²) in [4.78, 5) is 11.6. The van der Waals surface area contributed by atoms with Crippen LogP contribution in [0.1, 0.15) is 123 Å². The lowest BCUT2D eigenvalue weighted by atomic mass is 9.94. The minimum Gasteiger partial charge on any atom is -0.481 e. The van der Waals surface area contributed by atoms with Crippen molar-refractivity contribution in [3.8, 4) is 0 Å². The van der Waals surface area contributed by atoms with Gasteiger partial charge in [0.2, 0.25) is 0 Å². The molecule has 6 unspecified atom stereocenters. The quantitative estimate of drug-likeness (QED) is 0.0983. The van der Waals surface area contributed by atoms with Gasteiger partial charge in [0.05, 0.1) is 5.92 Å². The van der Waals surface area contributed by atoms with Crippen LogP contribution in [0.25, 0.3) is 0 Å². The van der Waals surface area contributed by atoms with Crippen LogP contribution in [0.4, 0.5) is 0 Å². The van der Waals surface area contributed by atoms with Gasteiger partial charge >= 0.3 is 5.97 Å². The van der Waals surface area contributed by atoms with Gasteiger partial charge in [0.25, 0.3) is 0 Å². The maximum atomic E-state index is 11.6. The van der Waals surface area contributed by atoms with Crippen molar-refractivity contribution < 1.29 is 9.90 Å². The average Bonchev–Trinajstić information content (AvgIpc) is 2.79. The van der Waals surface area contributed by atoms with Crippen LogP contribution in [0.2, 0.25) is 0 Å². The van der Waals surface area contributed by atoms with Gasteiger partial charge in [-0.25, -0.2) is 0 Å². The number of aliphatic carboxylic acids is 1. The molecule has 0 aliphatic heterocycles. The predicted octanol–water partition coefficient (Wildman–Crippen LogP) is 10.4. The molecule has 0 heterocycles. The second-order valence-corrected chi connectivity index (χ2v) is 12.4. The lowest BCUT2D eigenvalue weighted by Gasteiger charge is -2.17. The summed E-state index contributed by atoms with van der Waals surface area (Å²) in [5.74, 6) is -0.927. The molecule has 7 heteroatoms. The highest BCUT2D eigenvalue weighted by molar-refractivity contribution is 6.30. The van der Waals surface area contributed by atoms with Crippen LogP contribution in [-0.2, 0) is 4.79 Å². The SMILES string of the molecule is CCC(Cl)CC(Cl)CCCCCCCCCC(CCCC(Cl)CCC(Cl)C(Cl)CC)C(=O)O. The van der Waals surface area contributed by atoms with Gasteiger partial charge in [-0.05, 0) is 57.8 Å². The standard InChI is InChI=1S/C26H47Cl5O2/c1-3-21(27)19-23(29)15-11-9-7-5-6-8-10-13-20(26(32)33)14-12-16-22(28)17-18-25(31)24(30)4-2/h20-25H,3-19H2,1-2H3,(H,32,33). The van der Waals surface area contributed by atoms with Gasteiger partial charge in [0.1, 0.15) is 0 Å². The summed E-state index contributed by atoms with van der Waals surface area (Å²) in [6, 6.07) is 0. The van der Waals surface area contributed by atoms with E-state index in [9.17, 15) is 9.90 Å². The van der Waals surface area contributed by atoms with Crippen LogP contribution in [0.3, 0.4) is 0 Å². The highest BCUT2D eigenvalue weighted by Gasteiger charge is 2.19. The van der Waals surface area contributed by atoms with E-state index in [1.54, 1.807) is 0 Å². The molecule has 2 nitrogen and oxygen atoms in total. The second-order valence-electron chi connectivity index (χ2n) is 9.47. The molecule has 198 valence electrons. The molecule has 0 amide bonds. The van der Waals surface area contributed by atoms with E-state index in [-0.39, 0.29) is 32.8 Å². The number of carboxylic acid groups (broad SMARTS) is 1. The first kappa shape index (κ1) is 33.9. The van der Waals surface area contributed by atoms with Crippen LogP contribution in [0.5, 0.6) is 0 Å². The van der Waals surface area contributed by atoms with Crippen LogP contribution in [-0.4, -0.2) is 38.0 Å². The van der Waals surface area contributed by atoms with Crippen molar-refractivity contribution in [1.29, 1.82) is 0 Å². The van der Waals surface area contributed by atoms with Gasteiger partial charge in [0, 0.05) is 26.9 Å². The number of hydrogen-bond donors (Lipinski definition) is 1. The molecule has 0 aliphatic carbocycles. The highest BCUT2D eigenvalue weighted by atomic mass is 35.5. The fraction of sp³-hybridized carbons (Fsp3) is 0.962. The fourth-order valence-corrected chi connectivity index (χ4v) is 5.49. The Morgan fingerprint density at radius 1 is 0.576 bits per heavy atom. The van der Waals surface area contributed by atoms with E-state index in [2.05, 4.69) is 6.92 Å². The zero-order valence-corrected chi connectivity index (χ0v) is 24.5. The van der Waals surface area contributed by atoms with Crippen LogP contribution in [0, 0.1) is 5.92 Å². The molecule has 0 saturated heterocycles. The van der Waals surface area contributed by atoms with E-state index >= 15 is 0 Å². The first-order chi connectivity index (χ1) is 15.7. The van der Waals surface area contributed by atoms with Gasteiger partial charge in [-0.2, -0.15) is 0 Å². The van der Waals surface area contributed by atoms with Gasteiger partial charge in [-0.3, -0.25) is 4.79 Å². The average molecular weight is 569 g/mol. The van der Waals surface area contributed by atoms with E-state index in [1.165, 1.54) is 32.1 Å². The van der Waals surface area contributed by atoms with E-state index in [0.717, 1.165) is 70.6 Å². The van der Waals surface area contributed by atoms with E-state index in [1.807, 2.05) is 6.92 Å². The zero-order valence-electron chi connectivity index (χ0n) is 20.7. The Balaban J connectivity index is 3.77. The summed E-state index contributed by atoms with van der Waals surface area (Å²) in [7, 11) is 0. The van der Waals surface area contributed by atoms with Gasteiger partial charge in [-0.15, -0.1) is 58.0 Å². The maximum Gasteiger partial charge on any atom is 0.306 e. The van der Waals surface area contributed by atoms with Crippen LogP contribution >= 0.6 is 58.0 Å². The van der Waals surface area contributed by atoms with Crippen molar-refractivity contribution in [2.24, 2.45) is 5.92 Å². The largest absolute Gasteiger partial charge is 0.481 e. The molecule has 0 spiro atoms. The third-order valence-corrected chi connectivity index (χ3v) is 9.07. The van der Waals surface area contributed by atoms with E-state index in [0.29, 0.717) is 6.42 Å². The molecule has 0 aromatic heterocycles. The molecule has 6 atom stereocenters. The van der Waals surface area contributed by atoms with Crippen molar-refractivity contribution in [3.05, 3.63) is 0 Å². The molecule has 0 saturated carbocycles. The number of unbranched alkanes of at least 4 members (excludes halogenated alkanes) is 6. The molecular formula is C26H47Cl5O2. The monoisotopic (exact) mass is 566 g/mol. The van der Waals surface area contributed by atoms with Crippen LogP contribution in [0.15, 0.2) is 0 Å². The Bertz CT molecular complexity index is 466. The Morgan fingerprint density at radius 2 is 1.09 bits per heavy atom. The van der Waals surface area contributed by atoms with Crippen molar-refractivity contribution >= 4 is 64.0 Å². The number of halogens is 5. The minimum absolute atomic E-state index is 0.0142. The van der Waals surface area contributed by atoms with Crippen LogP contribution < -0.4 is 0 Å². The van der Waals surface area contributed by atoms with E-state index in [4.69, 9.17) is 58.0 Å². The third-order valence-electron chi connectivity index (χ3n) is 6.48. The molecule has 0 aliphatic rings. The van der Waals surface area contributed by atoms with Crippen molar-refractivity contribution in [3.63, 3.8) is 0 Å². The first-order valence-electron chi connectivity index (χ1n) is 13.1. The maximum absolute atomic E-state index is 11.6. The Morgan fingerprint density at radius 3 is 1.64 bits per heavy atom. The topological polar surface area (TPSA) is 37.3 Å². The summed E-state index contributed by atoms with van der Waals surface area (Å²) in [5, 5.41) is 9.91. The Labute approximate surface area is 228 Å². The molecule has 0 aromatic carbocycles. The molecule has 0 fully saturated rings. The summed E-state index contributed by atoms with van der Waals surface area (Å²) in [6.45, 7) is 4.12. The third kappa shape index (κ3) is 19.7. The normalized spacial score (nSPS) is 17.3. The number of carboxylic acids is 1. The molecule has 1 N–H and O–H groups in total. The van der Waals surface area contributed by atoms with Gasteiger partial charge < -0.3 is 5.11 Å². The van der Waals surface area contributed by atoms with E-state index < -0.39 is 5.97 Å². The zero-order chi connectivity index (χ0) is 25.1.